The van der Waals surface area contributed by atoms with Crippen molar-refractivity contribution in [2.75, 3.05) is 0 Å². The standard InChI is InChI=1S/C15H21NO3/c1-8-2-4-9(5-3-8)14(17)16-13-7-12(15(18)19)10-6-11(10)13/h2,9-13H,3-7H2,1H3,(H,16,17)(H,18,19)/t9-,10-,11+,12-,13+/m0/s1. The van der Waals surface area contributed by atoms with Gasteiger partial charge in [-0.2, -0.15) is 0 Å². The maximum Gasteiger partial charge on any atom is 0.306 e. The Morgan fingerprint density at radius 1 is 1.32 bits per heavy atom. The molecule has 0 saturated heterocycles. The highest BCUT2D eigenvalue weighted by molar-refractivity contribution is 5.80. The first-order valence-electron chi connectivity index (χ1n) is 7.25. The van der Waals surface area contributed by atoms with Crippen LogP contribution in [0.1, 0.15) is 39.0 Å². The fourth-order valence-electron chi connectivity index (χ4n) is 3.74. The van der Waals surface area contributed by atoms with Gasteiger partial charge in [0, 0.05) is 12.0 Å². The zero-order chi connectivity index (χ0) is 13.6. The SMILES string of the molecule is CC1=CC[C@H](C(=O)N[C@@H]2C[C@H](C(=O)O)[C@H]3C[C@H]32)CC1. The fraction of sp³-hybridized carbons (Fsp3) is 0.733. The van der Waals surface area contributed by atoms with E-state index in [2.05, 4.69) is 18.3 Å². The fourth-order valence-corrected chi connectivity index (χ4v) is 3.74. The zero-order valence-corrected chi connectivity index (χ0v) is 11.3. The number of carbonyl (C=O) groups is 2. The number of carboxylic acids is 1. The summed E-state index contributed by atoms with van der Waals surface area (Å²) < 4.78 is 0. The third kappa shape index (κ3) is 2.40. The predicted molar refractivity (Wildman–Crippen MR) is 70.4 cm³/mol. The number of nitrogens with one attached hydrogen (secondary N) is 1. The van der Waals surface area contributed by atoms with Crippen molar-refractivity contribution in [2.24, 2.45) is 23.7 Å². The van der Waals surface area contributed by atoms with Crippen molar-refractivity contribution in [3.63, 3.8) is 0 Å². The van der Waals surface area contributed by atoms with E-state index in [1.165, 1.54) is 5.57 Å². The average molecular weight is 263 g/mol. The van der Waals surface area contributed by atoms with Crippen molar-refractivity contribution < 1.29 is 14.7 Å². The summed E-state index contributed by atoms with van der Waals surface area (Å²) in [7, 11) is 0. The van der Waals surface area contributed by atoms with Crippen LogP contribution in [0.3, 0.4) is 0 Å². The molecule has 0 heterocycles. The molecule has 3 aliphatic carbocycles. The van der Waals surface area contributed by atoms with Crippen molar-refractivity contribution >= 4 is 11.9 Å². The summed E-state index contributed by atoms with van der Waals surface area (Å²) in [5, 5.41) is 12.2. The molecule has 0 bridgehead atoms. The number of carboxylic acid groups (broad SMARTS) is 1. The molecule has 5 atom stereocenters. The lowest BCUT2D eigenvalue weighted by Crippen LogP contribution is -2.40. The molecule has 0 spiro atoms. The third-order valence-electron chi connectivity index (χ3n) is 5.09. The highest BCUT2D eigenvalue weighted by atomic mass is 16.4. The van der Waals surface area contributed by atoms with Crippen LogP contribution < -0.4 is 5.32 Å². The van der Waals surface area contributed by atoms with Crippen molar-refractivity contribution in [1.29, 1.82) is 0 Å². The molecule has 0 aromatic carbocycles. The quantitative estimate of drug-likeness (QED) is 0.765. The highest BCUT2D eigenvalue weighted by Crippen LogP contribution is 2.55. The number of aliphatic carboxylic acids is 1. The number of carbonyl (C=O) groups excluding carboxylic acids is 1. The maximum absolute atomic E-state index is 12.2. The Balaban J connectivity index is 1.55. The number of hydrogen-bond acceptors (Lipinski definition) is 2. The van der Waals surface area contributed by atoms with E-state index in [1.807, 2.05) is 0 Å². The van der Waals surface area contributed by atoms with Gasteiger partial charge in [-0.25, -0.2) is 0 Å². The normalized spacial score (nSPS) is 40.3. The van der Waals surface area contributed by atoms with Gasteiger partial charge in [0.15, 0.2) is 0 Å². The van der Waals surface area contributed by atoms with Crippen LogP contribution in [0.15, 0.2) is 11.6 Å². The van der Waals surface area contributed by atoms with Gasteiger partial charge in [0.05, 0.1) is 5.92 Å². The molecule has 0 unspecified atom stereocenters. The minimum Gasteiger partial charge on any atom is -0.481 e. The number of amides is 1. The Morgan fingerprint density at radius 3 is 2.68 bits per heavy atom. The van der Waals surface area contributed by atoms with Crippen molar-refractivity contribution in [1.82, 2.24) is 5.32 Å². The number of allylic oxidation sites excluding steroid dienone is 2. The summed E-state index contributed by atoms with van der Waals surface area (Å²) in [6.45, 7) is 2.11. The molecule has 3 rings (SSSR count). The van der Waals surface area contributed by atoms with Gasteiger partial charge in [0.25, 0.3) is 0 Å². The zero-order valence-electron chi connectivity index (χ0n) is 11.3. The minimum atomic E-state index is -0.694. The second-order valence-corrected chi connectivity index (χ2v) is 6.38. The highest BCUT2D eigenvalue weighted by Gasteiger charge is 2.57. The first kappa shape index (κ1) is 12.7. The average Bonchev–Trinajstić information content (AvgIpc) is 3.08. The molecule has 2 N–H and O–H groups in total. The Labute approximate surface area is 113 Å². The summed E-state index contributed by atoms with van der Waals surface area (Å²) in [4.78, 5) is 23.3. The lowest BCUT2D eigenvalue weighted by Gasteiger charge is -2.23. The number of rotatable bonds is 3. The Bertz CT molecular complexity index is 443. The van der Waals surface area contributed by atoms with Crippen LogP contribution in [0.4, 0.5) is 0 Å². The monoisotopic (exact) mass is 263 g/mol. The molecule has 104 valence electrons. The van der Waals surface area contributed by atoms with E-state index < -0.39 is 5.97 Å². The number of fused-ring (bicyclic) bond motifs is 1. The molecule has 2 saturated carbocycles. The third-order valence-corrected chi connectivity index (χ3v) is 5.09. The Hall–Kier alpha value is -1.32. The lowest BCUT2D eigenvalue weighted by atomic mass is 9.89. The van der Waals surface area contributed by atoms with E-state index in [1.54, 1.807) is 0 Å². The van der Waals surface area contributed by atoms with Crippen LogP contribution in [-0.2, 0) is 9.59 Å². The summed E-state index contributed by atoms with van der Waals surface area (Å²) in [6, 6.07) is 0.102. The van der Waals surface area contributed by atoms with Crippen molar-refractivity contribution in [3.05, 3.63) is 11.6 Å². The van der Waals surface area contributed by atoms with Gasteiger partial charge >= 0.3 is 5.97 Å². The van der Waals surface area contributed by atoms with Crippen LogP contribution in [-0.4, -0.2) is 23.0 Å². The van der Waals surface area contributed by atoms with E-state index in [9.17, 15) is 9.59 Å². The van der Waals surface area contributed by atoms with E-state index in [4.69, 9.17) is 5.11 Å². The first-order chi connectivity index (χ1) is 9.06. The van der Waals surface area contributed by atoms with E-state index >= 15 is 0 Å². The van der Waals surface area contributed by atoms with Gasteiger partial charge in [-0.3, -0.25) is 9.59 Å². The summed E-state index contributed by atoms with van der Waals surface area (Å²) in [6.07, 6.45) is 6.52. The van der Waals surface area contributed by atoms with Crippen LogP contribution in [0.5, 0.6) is 0 Å². The number of hydrogen-bond donors (Lipinski definition) is 2. The second-order valence-electron chi connectivity index (χ2n) is 6.38. The second kappa shape index (κ2) is 4.66. The molecular formula is C15H21NO3. The van der Waals surface area contributed by atoms with Gasteiger partial charge in [0.2, 0.25) is 5.91 Å². The molecule has 0 aromatic rings. The topological polar surface area (TPSA) is 66.4 Å². The van der Waals surface area contributed by atoms with Gasteiger partial charge in [0.1, 0.15) is 0 Å². The predicted octanol–water partition coefficient (Wildman–Crippen LogP) is 1.96. The van der Waals surface area contributed by atoms with Crippen molar-refractivity contribution in [3.8, 4) is 0 Å². The van der Waals surface area contributed by atoms with Gasteiger partial charge in [-0.1, -0.05) is 11.6 Å². The molecule has 19 heavy (non-hydrogen) atoms. The van der Waals surface area contributed by atoms with Crippen LogP contribution >= 0.6 is 0 Å². The molecule has 0 aromatic heterocycles. The smallest absolute Gasteiger partial charge is 0.306 e. The van der Waals surface area contributed by atoms with Crippen LogP contribution in [0.25, 0.3) is 0 Å². The molecule has 3 aliphatic rings. The Morgan fingerprint density at radius 2 is 2.11 bits per heavy atom. The summed E-state index contributed by atoms with van der Waals surface area (Å²) in [5.41, 5.74) is 1.37. The molecule has 0 radical (unpaired) electrons. The molecular weight excluding hydrogens is 242 g/mol. The molecule has 0 aliphatic heterocycles. The largest absolute Gasteiger partial charge is 0.481 e. The Kier molecular flexibility index (Phi) is 3.11. The van der Waals surface area contributed by atoms with E-state index in [0.29, 0.717) is 18.3 Å². The molecule has 1 amide bonds. The van der Waals surface area contributed by atoms with Gasteiger partial charge < -0.3 is 10.4 Å². The van der Waals surface area contributed by atoms with Crippen LogP contribution in [0.2, 0.25) is 0 Å². The van der Waals surface area contributed by atoms with Crippen molar-refractivity contribution in [2.45, 2.75) is 45.1 Å². The summed E-state index contributed by atoms with van der Waals surface area (Å²) in [5.74, 6) is 0.0294. The molecule has 4 nitrogen and oxygen atoms in total. The summed E-state index contributed by atoms with van der Waals surface area (Å²) >= 11 is 0. The lowest BCUT2D eigenvalue weighted by molar-refractivity contribution is -0.142. The first-order valence-corrected chi connectivity index (χ1v) is 7.25. The minimum absolute atomic E-state index is 0.0878. The van der Waals surface area contributed by atoms with E-state index in [0.717, 1.165) is 25.7 Å². The van der Waals surface area contributed by atoms with Gasteiger partial charge in [-0.15, -0.1) is 0 Å². The maximum atomic E-state index is 12.2. The molecule has 2 fully saturated rings. The molecule has 4 heteroatoms. The van der Waals surface area contributed by atoms with Crippen LogP contribution in [0, 0.1) is 23.7 Å². The van der Waals surface area contributed by atoms with Gasteiger partial charge in [-0.05, 0) is 50.9 Å². The van der Waals surface area contributed by atoms with E-state index in [-0.39, 0.29) is 23.8 Å².